The molecular formula is C15H22O4. The summed E-state index contributed by atoms with van der Waals surface area (Å²) < 4.78 is 15.7. The first-order chi connectivity index (χ1) is 9.17. The molecule has 1 aromatic carbocycles. The van der Waals surface area contributed by atoms with Crippen molar-refractivity contribution in [3.63, 3.8) is 0 Å². The van der Waals surface area contributed by atoms with Gasteiger partial charge in [-0.2, -0.15) is 0 Å². The SMILES string of the molecule is CCCC(C(=O)OCC)c1ccc(OC)cc1OC. The average Bonchev–Trinajstić information content (AvgIpc) is 2.44. The van der Waals surface area contributed by atoms with Crippen molar-refractivity contribution in [1.29, 1.82) is 0 Å². The van der Waals surface area contributed by atoms with Gasteiger partial charge in [0, 0.05) is 11.6 Å². The van der Waals surface area contributed by atoms with E-state index < -0.39 is 0 Å². The van der Waals surface area contributed by atoms with Gasteiger partial charge in [0.2, 0.25) is 0 Å². The minimum absolute atomic E-state index is 0.201. The lowest BCUT2D eigenvalue weighted by molar-refractivity contribution is -0.145. The third-order valence-electron chi connectivity index (χ3n) is 2.96. The van der Waals surface area contributed by atoms with Crippen molar-refractivity contribution in [1.82, 2.24) is 0 Å². The summed E-state index contributed by atoms with van der Waals surface area (Å²) >= 11 is 0. The van der Waals surface area contributed by atoms with Crippen LogP contribution in [0.1, 0.15) is 38.2 Å². The highest BCUT2D eigenvalue weighted by molar-refractivity contribution is 5.79. The zero-order valence-electron chi connectivity index (χ0n) is 12.1. The maximum absolute atomic E-state index is 12.0. The highest BCUT2D eigenvalue weighted by Crippen LogP contribution is 2.33. The Bertz CT molecular complexity index is 415. The molecule has 0 fully saturated rings. The predicted octanol–water partition coefficient (Wildman–Crippen LogP) is 3.15. The predicted molar refractivity (Wildman–Crippen MR) is 73.8 cm³/mol. The summed E-state index contributed by atoms with van der Waals surface area (Å²) in [4.78, 5) is 12.0. The van der Waals surface area contributed by atoms with Crippen LogP contribution in [0.15, 0.2) is 18.2 Å². The number of methoxy groups -OCH3 is 2. The number of ether oxygens (including phenoxy) is 3. The molecule has 0 aromatic heterocycles. The summed E-state index contributed by atoms with van der Waals surface area (Å²) in [6, 6.07) is 5.49. The Labute approximate surface area is 114 Å². The van der Waals surface area contributed by atoms with Crippen molar-refractivity contribution in [2.24, 2.45) is 0 Å². The first-order valence-electron chi connectivity index (χ1n) is 6.56. The molecule has 19 heavy (non-hydrogen) atoms. The summed E-state index contributed by atoms with van der Waals surface area (Å²) in [5.41, 5.74) is 0.851. The third-order valence-corrected chi connectivity index (χ3v) is 2.96. The maximum Gasteiger partial charge on any atom is 0.313 e. The number of esters is 1. The van der Waals surface area contributed by atoms with Crippen LogP contribution in [0.2, 0.25) is 0 Å². The molecule has 0 aliphatic carbocycles. The fraction of sp³-hybridized carbons (Fsp3) is 0.533. The lowest BCUT2D eigenvalue weighted by Gasteiger charge is -2.18. The first kappa shape index (κ1) is 15.3. The minimum atomic E-state index is -0.286. The van der Waals surface area contributed by atoms with Crippen molar-refractivity contribution in [2.75, 3.05) is 20.8 Å². The Morgan fingerprint density at radius 3 is 2.47 bits per heavy atom. The van der Waals surface area contributed by atoms with Crippen LogP contribution in [0.5, 0.6) is 11.5 Å². The second-order valence-corrected chi connectivity index (χ2v) is 4.20. The Balaban J connectivity index is 3.10. The van der Waals surface area contributed by atoms with E-state index in [-0.39, 0.29) is 11.9 Å². The van der Waals surface area contributed by atoms with Crippen LogP contribution in [0.4, 0.5) is 0 Å². The topological polar surface area (TPSA) is 44.8 Å². The van der Waals surface area contributed by atoms with Gasteiger partial charge in [-0.25, -0.2) is 0 Å². The van der Waals surface area contributed by atoms with E-state index in [0.717, 1.165) is 18.4 Å². The molecule has 4 nitrogen and oxygen atoms in total. The van der Waals surface area contributed by atoms with Crippen molar-refractivity contribution >= 4 is 5.97 Å². The van der Waals surface area contributed by atoms with E-state index in [2.05, 4.69) is 0 Å². The number of rotatable bonds is 7. The Morgan fingerprint density at radius 1 is 1.21 bits per heavy atom. The summed E-state index contributed by atoms with van der Waals surface area (Å²) in [5, 5.41) is 0. The van der Waals surface area contributed by atoms with Crippen LogP contribution >= 0.6 is 0 Å². The molecule has 1 rings (SSSR count). The number of benzene rings is 1. The monoisotopic (exact) mass is 266 g/mol. The third kappa shape index (κ3) is 3.88. The van der Waals surface area contributed by atoms with Gasteiger partial charge in [0.15, 0.2) is 0 Å². The highest BCUT2D eigenvalue weighted by Gasteiger charge is 2.24. The fourth-order valence-corrected chi connectivity index (χ4v) is 2.04. The molecule has 0 saturated heterocycles. The molecule has 0 aliphatic heterocycles. The molecule has 0 saturated carbocycles. The Morgan fingerprint density at radius 2 is 1.95 bits per heavy atom. The van der Waals surface area contributed by atoms with Gasteiger partial charge in [-0.15, -0.1) is 0 Å². The number of hydrogen-bond acceptors (Lipinski definition) is 4. The molecule has 0 amide bonds. The van der Waals surface area contributed by atoms with Crippen molar-refractivity contribution < 1.29 is 19.0 Å². The lowest BCUT2D eigenvalue weighted by atomic mass is 9.93. The lowest BCUT2D eigenvalue weighted by Crippen LogP contribution is -2.16. The molecule has 106 valence electrons. The van der Waals surface area contributed by atoms with Gasteiger partial charge in [-0.3, -0.25) is 4.79 Å². The normalized spacial score (nSPS) is 11.8. The van der Waals surface area contributed by atoms with Gasteiger partial charge >= 0.3 is 5.97 Å². The molecule has 0 N–H and O–H groups in total. The summed E-state index contributed by atoms with van der Waals surface area (Å²) in [6.07, 6.45) is 1.64. The first-order valence-corrected chi connectivity index (χ1v) is 6.56. The summed E-state index contributed by atoms with van der Waals surface area (Å²) in [6.45, 7) is 4.24. The van der Waals surface area contributed by atoms with E-state index in [1.165, 1.54) is 0 Å². The van der Waals surface area contributed by atoms with Gasteiger partial charge in [0.25, 0.3) is 0 Å². The number of carbonyl (C=O) groups excluding carboxylic acids is 1. The zero-order valence-corrected chi connectivity index (χ0v) is 12.1. The molecule has 0 heterocycles. The van der Waals surface area contributed by atoms with E-state index in [0.29, 0.717) is 18.1 Å². The van der Waals surface area contributed by atoms with E-state index in [1.54, 1.807) is 20.3 Å². The van der Waals surface area contributed by atoms with Crippen LogP contribution in [-0.4, -0.2) is 26.8 Å². The zero-order chi connectivity index (χ0) is 14.3. The second kappa shape index (κ2) is 7.67. The van der Waals surface area contributed by atoms with E-state index >= 15 is 0 Å². The van der Waals surface area contributed by atoms with Gasteiger partial charge in [0.1, 0.15) is 11.5 Å². The molecule has 0 aliphatic rings. The molecule has 1 aromatic rings. The molecule has 0 radical (unpaired) electrons. The maximum atomic E-state index is 12.0. The standard InChI is InChI=1S/C15H22O4/c1-5-7-13(15(16)19-6-2)12-9-8-11(17-3)10-14(12)18-4/h8-10,13H,5-7H2,1-4H3. The van der Waals surface area contributed by atoms with Gasteiger partial charge in [-0.05, 0) is 19.4 Å². The van der Waals surface area contributed by atoms with Crippen LogP contribution in [0.25, 0.3) is 0 Å². The smallest absolute Gasteiger partial charge is 0.313 e. The van der Waals surface area contributed by atoms with Crippen molar-refractivity contribution in [2.45, 2.75) is 32.6 Å². The van der Waals surface area contributed by atoms with Gasteiger partial charge in [0.05, 0.1) is 26.7 Å². The Kier molecular flexibility index (Phi) is 6.19. The van der Waals surface area contributed by atoms with Crippen LogP contribution < -0.4 is 9.47 Å². The largest absolute Gasteiger partial charge is 0.497 e. The average molecular weight is 266 g/mol. The van der Waals surface area contributed by atoms with Crippen molar-refractivity contribution in [3.8, 4) is 11.5 Å². The quantitative estimate of drug-likeness (QED) is 0.711. The molecule has 1 atom stereocenters. The Hall–Kier alpha value is -1.71. The van der Waals surface area contributed by atoms with Crippen molar-refractivity contribution in [3.05, 3.63) is 23.8 Å². The summed E-state index contributed by atoms with van der Waals surface area (Å²) in [7, 11) is 3.19. The minimum Gasteiger partial charge on any atom is -0.497 e. The van der Waals surface area contributed by atoms with Crippen LogP contribution in [-0.2, 0) is 9.53 Å². The molecule has 0 spiro atoms. The van der Waals surface area contributed by atoms with Gasteiger partial charge in [-0.1, -0.05) is 19.4 Å². The van der Waals surface area contributed by atoms with Crippen LogP contribution in [0.3, 0.4) is 0 Å². The highest BCUT2D eigenvalue weighted by atomic mass is 16.5. The van der Waals surface area contributed by atoms with Crippen LogP contribution in [0, 0.1) is 0 Å². The second-order valence-electron chi connectivity index (χ2n) is 4.20. The van der Waals surface area contributed by atoms with E-state index in [4.69, 9.17) is 14.2 Å². The molecule has 0 bridgehead atoms. The number of carbonyl (C=O) groups is 1. The van der Waals surface area contributed by atoms with E-state index in [9.17, 15) is 4.79 Å². The molecular weight excluding hydrogens is 244 g/mol. The van der Waals surface area contributed by atoms with E-state index in [1.807, 2.05) is 26.0 Å². The van der Waals surface area contributed by atoms with Gasteiger partial charge < -0.3 is 14.2 Å². The molecule has 1 unspecified atom stereocenters. The number of hydrogen-bond donors (Lipinski definition) is 0. The fourth-order valence-electron chi connectivity index (χ4n) is 2.04. The summed E-state index contributed by atoms with van der Waals surface area (Å²) in [5.74, 6) is 0.879. The molecule has 4 heteroatoms.